The van der Waals surface area contributed by atoms with Crippen LogP contribution in [0.1, 0.15) is 53.3 Å². The summed E-state index contributed by atoms with van der Waals surface area (Å²) in [6.45, 7) is 8.36. The fourth-order valence-electron chi connectivity index (χ4n) is 3.13. The Morgan fingerprint density at radius 2 is 2.07 bits per heavy atom. The molecule has 0 radical (unpaired) electrons. The molecule has 0 bridgehead atoms. The van der Waals surface area contributed by atoms with Crippen molar-refractivity contribution >= 4 is 17.2 Å². The molecule has 0 aliphatic heterocycles. The van der Waals surface area contributed by atoms with Crippen molar-refractivity contribution in [3.05, 3.63) is 51.5 Å². The highest BCUT2D eigenvalue weighted by molar-refractivity contribution is 7.11. The molecule has 1 aliphatic rings. The van der Waals surface area contributed by atoms with Crippen LogP contribution in [0.2, 0.25) is 0 Å². The smallest absolute Gasteiger partial charge is 0.218 e. The van der Waals surface area contributed by atoms with Gasteiger partial charge in [-0.05, 0) is 45.7 Å². The maximum atomic E-state index is 10.0. The molecule has 4 rings (SSSR count). The average Bonchev–Trinajstić information content (AvgIpc) is 3.29. The van der Waals surface area contributed by atoms with Crippen LogP contribution in [0, 0.1) is 19.8 Å². The van der Waals surface area contributed by atoms with Crippen molar-refractivity contribution in [1.82, 2.24) is 25.1 Å². The van der Waals surface area contributed by atoms with Crippen molar-refractivity contribution in [2.45, 2.75) is 52.2 Å². The highest BCUT2D eigenvalue weighted by Gasteiger charge is 2.40. The minimum absolute atomic E-state index is 0.466. The summed E-state index contributed by atoms with van der Waals surface area (Å²) in [6.07, 6.45) is 3.01. The molecule has 0 saturated heterocycles. The molecule has 0 unspecified atom stereocenters. The van der Waals surface area contributed by atoms with Gasteiger partial charge in [-0.3, -0.25) is 4.98 Å². The van der Waals surface area contributed by atoms with Gasteiger partial charge in [0.05, 0.1) is 13.2 Å². The second-order valence-corrected chi connectivity index (χ2v) is 9.29. The lowest BCUT2D eigenvalue weighted by Gasteiger charge is -2.11. The first kappa shape index (κ1) is 20.6. The predicted octanol–water partition coefficient (Wildman–Crippen LogP) is 3.36. The van der Waals surface area contributed by atoms with Crippen molar-refractivity contribution in [1.29, 1.82) is 0 Å². The van der Waals surface area contributed by atoms with Crippen LogP contribution in [0.3, 0.4) is 0 Å². The molecule has 1 aliphatic carbocycles. The molecular formula is C21H26N6O2S. The summed E-state index contributed by atoms with van der Waals surface area (Å²) in [4.78, 5) is 13.3. The number of pyridine rings is 1. The summed E-state index contributed by atoms with van der Waals surface area (Å²) < 4.78 is 5.95. The number of aryl methyl sites for hydroxylation is 2. The van der Waals surface area contributed by atoms with E-state index in [2.05, 4.69) is 42.6 Å². The van der Waals surface area contributed by atoms with Gasteiger partial charge >= 0.3 is 0 Å². The topological polar surface area (TPSA) is 106 Å². The van der Waals surface area contributed by atoms with Gasteiger partial charge in [-0.15, -0.1) is 10.2 Å². The number of hydrogen-bond acceptors (Lipinski definition) is 9. The number of ether oxygens (including phenoxy) is 1. The van der Waals surface area contributed by atoms with Crippen LogP contribution in [0.4, 0.5) is 5.82 Å². The molecule has 30 heavy (non-hydrogen) atoms. The molecule has 3 aromatic rings. The summed E-state index contributed by atoms with van der Waals surface area (Å²) in [5.41, 5.74) is 1.32. The maximum absolute atomic E-state index is 10.0. The standard InChI is InChI=1S/C21H26N6O2S/c1-12-5-6-16(22-9-12)15-7-14(15)11-29-18-8-17(24-13(2)25-18)23-10-19-26-27-20(30-19)21(3,4)28/h5-6,8-9,14-15,28H,7,10-11H2,1-4H3,(H,23,24,25)/t14-,15+/m1/s1. The molecule has 2 N–H and O–H groups in total. The maximum Gasteiger partial charge on any atom is 0.218 e. The SMILES string of the molecule is Cc1ccc([C@H]2C[C@@H]2COc2cc(NCc3nnc(C(C)(C)O)s3)nc(C)n2)nc1. The molecule has 8 nitrogen and oxygen atoms in total. The molecule has 1 saturated carbocycles. The summed E-state index contributed by atoms with van der Waals surface area (Å²) >= 11 is 1.37. The van der Waals surface area contributed by atoms with Crippen LogP contribution in [0.15, 0.2) is 24.4 Å². The predicted molar refractivity (Wildman–Crippen MR) is 115 cm³/mol. The average molecular weight is 427 g/mol. The Balaban J connectivity index is 1.32. The summed E-state index contributed by atoms with van der Waals surface area (Å²) in [6, 6.07) is 6.01. The fourth-order valence-corrected chi connectivity index (χ4v) is 3.91. The number of rotatable bonds is 8. The minimum atomic E-state index is -0.989. The van der Waals surface area contributed by atoms with Crippen molar-refractivity contribution in [3.8, 4) is 5.88 Å². The minimum Gasteiger partial charge on any atom is -0.477 e. The van der Waals surface area contributed by atoms with Gasteiger partial charge in [-0.25, -0.2) is 4.98 Å². The van der Waals surface area contributed by atoms with Crippen LogP contribution in [-0.2, 0) is 12.1 Å². The lowest BCUT2D eigenvalue weighted by Crippen LogP contribution is -2.14. The van der Waals surface area contributed by atoms with Gasteiger partial charge in [-0.2, -0.15) is 4.98 Å². The first-order valence-electron chi connectivity index (χ1n) is 9.98. The van der Waals surface area contributed by atoms with E-state index in [1.165, 1.54) is 16.9 Å². The van der Waals surface area contributed by atoms with E-state index in [0.717, 1.165) is 17.1 Å². The van der Waals surface area contributed by atoms with E-state index in [4.69, 9.17) is 4.74 Å². The van der Waals surface area contributed by atoms with Gasteiger partial charge in [0.2, 0.25) is 5.88 Å². The van der Waals surface area contributed by atoms with E-state index >= 15 is 0 Å². The summed E-state index contributed by atoms with van der Waals surface area (Å²) in [5, 5.41) is 22.8. The highest BCUT2D eigenvalue weighted by Crippen LogP contribution is 2.46. The van der Waals surface area contributed by atoms with Gasteiger partial charge in [0.1, 0.15) is 27.3 Å². The lowest BCUT2D eigenvalue weighted by atomic mass is 10.2. The van der Waals surface area contributed by atoms with E-state index in [1.54, 1.807) is 19.9 Å². The van der Waals surface area contributed by atoms with Gasteiger partial charge in [0, 0.05) is 29.8 Å². The van der Waals surface area contributed by atoms with Gasteiger partial charge in [0.25, 0.3) is 0 Å². The Morgan fingerprint density at radius 3 is 2.77 bits per heavy atom. The normalized spacial score (nSPS) is 18.3. The number of aliphatic hydroxyl groups is 1. The van der Waals surface area contributed by atoms with Crippen molar-refractivity contribution < 1.29 is 9.84 Å². The molecule has 0 spiro atoms. The first-order chi connectivity index (χ1) is 14.3. The molecule has 3 heterocycles. The summed E-state index contributed by atoms with van der Waals surface area (Å²) in [7, 11) is 0. The van der Waals surface area contributed by atoms with Crippen LogP contribution in [-0.4, -0.2) is 36.9 Å². The lowest BCUT2D eigenvalue weighted by molar-refractivity contribution is 0.0775. The Hall–Kier alpha value is -2.65. The van der Waals surface area contributed by atoms with Gasteiger partial charge < -0.3 is 15.2 Å². The third-order valence-corrected chi connectivity index (χ3v) is 6.14. The van der Waals surface area contributed by atoms with Crippen molar-refractivity contribution in [2.24, 2.45) is 5.92 Å². The van der Waals surface area contributed by atoms with Crippen LogP contribution < -0.4 is 10.1 Å². The van der Waals surface area contributed by atoms with Gasteiger partial charge in [-0.1, -0.05) is 17.4 Å². The van der Waals surface area contributed by atoms with Crippen molar-refractivity contribution in [2.75, 3.05) is 11.9 Å². The second-order valence-electron chi connectivity index (χ2n) is 8.23. The van der Waals surface area contributed by atoms with Crippen LogP contribution in [0.25, 0.3) is 0 Å². The molecule has 2 atom stereocenters. The molecular weight excluding hydrogens is 400 g/mol. The van der Waals surface area contributed by atoms with Crippen molar-refractivity contribution in [3.63, 3.8) is 0 Å². The zero-order valence-corrected chi connectivity index (χ0v) is 18.4. The van der Waals surface area contributed by atoms with E-state index in [0.29, 0.717) is 47.5 Å². The number of nitrogens with one attached hydrogen (secondary N) is 1. The fraction of sp³-hybridized carbons (Fsp3) is 0.476. The molecule has 3 aromatic heterocycles. The largest absolute Gasteiger partial charge is 0.477 e. The zero-order valence-electron chi connectivity index (χ0n) is 17.6. The number of nitrogens with zero attached hydrogens (tertiary/aromatic N) is 5. The third-order valence-electron chi connectivity index (χ3n) is 4.91. The quantitative estimate of drug-likeness (QED) is 0.565. The highest BCUT2D eigenvalue weighted by atomic mass is 32.1. The number of hydrogen-bond donors (Lipinski definition) is 2. The third kappa shape index (κ3) is 5.09. The molecule has 9 heteroatoms. The molecule has 1 fully saturated rings. The van der Waals surface area contributed by atoms with E-state index in [-0.39, 0.29) is 0 Å². The Morgan fingerprint density at radius 1 is 1.23 bits per heavy atom. The first-order valence-corrected chi connectivity index (χ1v) is 10.8. The monoisotopic (exact) mass is 426 g/mol. The number of anilines is 1. The Kier molecular flexibility index (Phi) is 5.66. The van der Waals surface area contributed by atoms with Crippen LogP contribution >= 0.6 is 11.3 Å². The zero-order chi connectivity index (χ0) is 21.3. The van der Waals surface area contributed by atoms with E-state index in [1.807, 2.05) is 20.0 Å². The van der Waals surface area contributed by atoms with Crippen LogP contribution in [0.5, 0.6) is 5.88 Å². The van der Waals surface area contributed by atoms with Gasteiger partial charge in [0.15, 0.2) is 0 Å². The Labute approximate surface area is 179 Å². The molecule has 0 amide bonds. The van der Waals surface area contributed by atoms with E-state index in [9.17, 15) is 5.11 Å². The molecule has 158 valence electrons. The Bertz CT molecular complexity index is 1020. The summed E-state index contributed by atoms with van der Waals surface area (Å²) in [5.74, 6) is 2.80. The van der Waals surface area contributed by atoms with E-state index < -0.39 is 5.60 Å². The number of aromatic nitrogens is 5. The second kappa shape index (κ2) is 8.23. The molecule has 0 aromatic carbocycles.